The summed E-state index contributed by atoms with van der Waals surface area (Å²) in [4.78, 5) is -2.69. The van der Waals surface area contributed by atoms with Crippen molar-refractivity contribution in [1.29, 1.82) is 0 Å². The number of hydrogen-bond acceptors (Lipinski definition) is 0. The average molecular weight is 336 g/mol. The van der Waals surface area contributed by atoms with Crippen molar-refractivity contribution >= 4 is 92.8 Å². The summed E-state index contributed by atoms with van der Waals surface area (Å²) >= 11 is 40.9. The molecule has 0 aliphatic carbocycles. The molecule has 76 valence electrons. The number of halogens is 8. The van der Waals surface area contributed by atoms with E-state index in [1.54, 1.807) is 0 Å². The molecule has 0 aromatic rings. The molecular formula is C4H4Cl8. The summed E-state index contributed by atoms with van der Waals surface area (Å²) < 4.78 is 0. The Balaban J connectivity index is 0. The third kappa shape index (κ3) is 14.8. The Bertz CT molecular complexity index is 65.1. The van der Waals surface area contributed by atoms with Gasteiger partial charge >= 0.3 is 0 Å². The smallest absolute Gasteiger partial charge is 0.102 e. The molecule has 0 saturated heterocycles. The van der Waals surface area contributed by atoms with Crippen LogP contribution in [0.4, 0.5) is 0 Å². The second kappa shape index (κ2) is 9.86. The minimum atomic E-state index is -0.673. The predicted octanol–water partition coefficient (Wildman–Crippen LogP) is 5.19. The molecular weight excluding hydrogens is 332 g/mol. The molecule has 0 amide bonds. The molecule has 0 aromatic heterocycles. The van der Waals surface area contributed by atoms with Crippen molar-refractivity contribution in [1.82, 2.24) is 0 Å². The first-order valence-electron chi connectivity index (χ1n) is 2.41. The SMILES string of the molecule is ClC(Cl)C(Cl)Cl.ClC(Cl)C(Cl)Cl. The van der Waals surface area contributed by atoms with Crippen LogP contribution in [0.25, 0.3) is 0 Å². The van der Waals surface area contributed by atoms with Crippen LogP contribution in [-0.4, -0.2) is 19.3 Å². The van der Waals surface area contributed by atoms with E-state index in [0.29, 0.717) is 0 Å². The molecule has 0 spiro atoms. The number of alkyl halides is 8. The molecule has 0 aromatic carbocycles. The van der Waals surface area contributed by atoms with Gasteiger partial charge in [-0.3, -0.25) is 0 Å². The molecule has 0 radical (unpaired) electrons. The van der Waals surface area contributed by atoms with E-state index < -0.39 is 19.3 Å². The topological polar surface area (TPSA) is 0 Å². The Morgan fingerprint density at radius 1 is 0.333 bits per heavy atom. The van der Waals surface area contributed by atoms with Crippen LogP contribution in [0, 0.1) is 0 Å². The van der Waals surface area contributed by atoms with Crippen LogP contribution in [0.3, 0.4) is 0 Å². The van der Waals surface area contributed by atoms with Gasteiger partial charge in [-0.2, -0.15) is 0 Å². The lowest BCUT2D eigenvalue weighted by Crippen LogP contribution is -1.96. The first-order valence-corrected chi connectivity index (χ1v) is 5.90. The van der Waals surface area contributed by atoms with Gasteiger partial charge in [0.15, 0.2) is 0 Å². The molecule has 0 bridgehead atoms. The molecule has 0 nitrogen and oxygen atoms in total. The third-order valence-electron chi connectivity index (χ3n) is 0.381. The highest BCUT2D eigenvalue weighted by Crippen LogP contribution is 2.17. The lowest BCUT2D eigenvalue weighted by molar-refractivity contribution is 1.29. The van der Waals surface area contributed by atoms with Crippen molar-refractivity contribution in [3.8, 4) is 0 Å². The highest BCUT2D eigenvalue weighted by Gasteiger charge is 2.07. The Labute approximate surface area is 111 Å². The highest BCUT2D eigenvalue weighted by atomic mass is 35.5. The summed E-state index contributed by atoms with van der Waals surface area (Å²) in [5.41, 5.74) is 0. The Morgan fingerprint density at radius 2 is 0.417 bits per heavy atom. The Hall–Kier alpha value is 2.32. The molecule has 0 aliphatic rings. The van der Waals surface area contributed by atoms with Gasteiger partial charge in [0.1, 0.15) is 19.3 Å². The van der Waals surface area contributed by atoms with E-state index in [-0.39, 0.29) is 0 Å². The van der Waals surface area contributed by atoms with Gasteiger partial charge in [-0.1, -0.05) is 0 Å². The van der Waals surface area contributed by atoms with Crippen LogP contribution in [0.1, 0.15) is 0 Å². The van der Waals surface area contributed by atoms with Gasteiger partial charge in [-0.05, 0) is 0 Å². The fourth-order valence-electron chi connectivity index (χ4n) is 0. The van der Waals surface area contributed by atoms with E-state index in [1.807, 2.05) is 0 Å². The lowest BCUT2D eigenvalue weighted by atomic mass is 10.9. The average Bonchev–Trinajstić information content (AvgIpc) is 1.88. The van der Waals surface area contributed by atoms with E-state index in [4.69, 9.17) is 92.8 Å². The van der Waals surface area contributed by atoms with Crippen LogP contribution < -0.4 is 0 Å². The normalized spacial score (nSPS) is 11.0. The molecule has 0 aliphatic heterocycles. The largest absolute Gasteiger partial charge is 0.137 e. The Morgan fingerprint density at radius 3 is 0.417 bits per heavy atom. The second-order valence-electron chi connectivity index (χ2n) is 1.34. The van der Waals surface area contributed by atoms with Crippen LogP contribution in [0.5, 0.6) is 0 Å². The fourth-order valence-corrected chi connectivity index (χ4v) is 0. The molecule has 0 rings (SSSR count). The Kier molecular flexibility index (Phi) is 13.8. The van der Waals surface area contributed by atoms with Crippen molar-refractivity contribution in [3.63, 3.8) is 0 Å². The van der Waals surface area contributed by atoms with E-state index in [0.717, 1.165) is 0 Å². The first-order chi connectivity index (χ1) is 5.29. The van der Waals surface area contributed by atoms with E-state index >= 15 is 0 Å². The van der Waals surface area contributed by atoms with Crippen LogP contribution in [-0.2, 0) is 0 Å². The van der Waals surface area contributed by atoms with Gasteiger partial charge in [-0.25, -0.2) is 0 Å². The number of hydrogen-bond donors (Lipinski definition) is 0. The summed E-state index contributed by atoms with van der Waals surface area (Å²) in [6, 6.07) is 0. The summed E-state index contributed by atoms with van der Waals surface area (Å²) in [5, 5.41) is 0. The van der Waals surface area contributed by atoms with Gasteiger partial charge in [-0.15, -0.1) is 92.8 Å². The van der Waals surface area contributed by atoms with E-state index in [9.17, 15) is 0 Å². The summed E-state index contributed by atoms with van der Waals surface area (Å²) in [7, 11) is 0. The molecule has 0 N–H and O–H groups in total. The van der Waals surface area contributed by atoms with Gasteiger partial charge in [0, 0.05) is 0 Å². The molecule has 0 atom stereocenters. The van der Waals surface area contributed by atoms with Crippen LogP contribution in [0.2, 0.25) is 0 Å². The van der Waals surface area contributed by atoms with Crippen LogP contribution in [0.15, 0.2) is 0 Å². The maximum Gasteiger partial charge on any atom is 0.137 e. The van der Waals surface area contributed by atoms with E-state index in [1.165, 1.54) is 0 Å². The summed E-state index contributed by atoms with van der Waals surface area (Å²) in [6.07, 6.45) is 0. The van der Waals surface area contributed by atoms with Crippen molar-refractivity contribution in [2.24, 2.45) is 0 Å². The van der Waals surface area contributed by atoms with E-state index in [2.05, 4.69) is 0 Å². The zero-order valence-corrected chi connectivity index (χ0v) is 11.4. The monoisotopic (exact) mass is 332 g/mol. The fraction of sp³-hybridized carbons (Fsp3) is 1.00. The van der Waals surface area contributed by atoms with Crippen molar-refractivity contribution < 1.29 is 0 Å². The standard InChI is InChI=1S/2C2H2Cl4/c2*3-1(4)2(5)6/h2*1-2H. The zero-order chi connectivity index (χ0) is 10.3. The molecule has 0 unspecified atom stereocenters. The molecule has 12 heavy (non-hydrogen) atoms. The number of rotatable bonds is 2. The lowest BCUT2D eigenvalue weighted by Gasteiger charge is -1.95. The molecule has 0 heterocycles. The van der Waals surface area contributed by atoms with Gasteiger partial charge in [0.25, 0.3) is 0 Å². The van der Waals surface area contributed by atoms with Gasteiger partial charge in [0.05, 0.1) is 0 Å². The zero-order valence-electron chi connectivity index (χ0n) is 5.33. The van der Waals surface area contributed by atoms with Crippen LogP contribution >= 0.6 is 92.8 Å². The maximum absolute atomic E-state index is 5.11. The summed E-state index contributed by atoms with van der Waals surface area (Å²) in [5.74, 6) is 0. The minimum absolute atomic E-state index is 0.673. The third-order valence-corrected chi connectivity index (χ3v) is 3.43. The summed E-state index contributed by atoms with van der Waals surface area (Å²) in [6.45, 7) is 0. The highest BCUT2D eigenvalue weighted by molar-refractivity contribution is 6.57. The van der Waals surface area contributed by atoms with Gasteiger partial charge in [0.2, 0.25) is 0 Å². The molecule has 8 heteroatoms. The maximum atomic E-state index is 5.11. The molecule has 0 saturated carbocycles. The van der Waals surface area contributed by atoms with Gasteiger partial charge < -0.3 is 0 Å². The van der Waals surface area contributed by atoms with Crippen molar-refractivity contribution in [3.05, 3.63) is 0 Å². The second-order valence-corrected chi connectivity index (χ2v) is 5.99. The minimum Gasteiger partial charge on any atom is -0.102 e. The quantitative estimate of drug-likeness (QED) is 0.609. The predicted molar refractivity (Wildman–Crippen MR) is 62.0 cm³/mol. The molecule has 0 fully saturated rings. The van der Waals surface area contributed by atoms with Crippen molar-refractivity contribution in [2.75, 3.05) is 0 Å². The first kappa shape index (κ1) is 16.7. The van der Waals surface area contributed by atoms with Crippen molar-refractivity contribution in [2.45, 2.75) is 19.3 Å².